The van der Waals surface area contributed by atoms with Crippen molar-refractivity contribution in [2.75, 3.05) is 0 Å². The summed E-state index contributed by atoms with van der Waals surface area (Å²) in [6.07, 6.45) is -1.70. The molecular weight excluding hydrogens is 207 g/mol. The first-order chi connectivity index (χ1) is 6.43. The van der Waals surface area contributed by atoms with Crippen molar-refractivity contribution < 1.29 is 24.9 Å². The Balaban J connectivity index is 2.81. The second-order valence-corrected chi connectivity index (χ2v) is 4.42. The van der Waals surface area contributed by atoms with Crippen LogP contribution in [-0.4, -0.2) is 16.1 Å². The Hall–Kier alpha value is -0.550. The van der Waals surface area contributed by atoms with Gasteiger partial charge in [0.05, 0.1) is 0 Å². The van der Waals surface area contributed by atoms with E-state index in [0.29, 0.717) is 0 Å². The summed E-state index contributed by atoms with van der Waals surface area (Å²) in [4.78, 5) is 31.2. The Morgan fingerprint density at radius 2 is 1.50 bits per heavy atom. The van der Waals surface area contributed by atoms with Crippen molar-refractivity contribution in [1.82, 2.24) is 0 Å². The van der Waals surface area contributed by atoms with Gasteiger partial charge >= 0.3 is 0 Å². The molecule has 0 unspecified atom stereocenters. The minimum atomic E-state index is -5.17. The van der Waals surface area contributed by atoms with Gasteiger partial charge < -0.3 is 24.9 Å². The first-order valence-electron chi connectivity index (χ1n) is 3.86. The lowest BCUT2D eigenvalue weighted by Gasteiger charge is -2.46. The Morgan fingerprint density at radius 3 is 1.93 bits per heavy atom. The highest BCUT2D eigenvalue weighted by molar-refractivity contribution is 7.54. The van der Waals surface area contributed by atoms with Crippen LogP contribution in [-0.2, 0) is 0 Å². The zero-order valence-electron chi connectivity index (χ0n) is 7.11. The standard InChI is InChI=1S/C8H11O5P/c9-7(8(10)14(11,12)13)6-4-2-1-3-5-6/h1-5,7-10H,(H2,11,12,13)/p-2/t7-,8-/m0/s1. The molecule has 1 aromatic carbocycles. The largest absolute Gasteiger partial charge is 0.686 e. The second kappa shape index (κ2) is 4.31. The lowest BCUT2D eigenvalue weighted by Crippen LogP contribution is -2.43. The predicted octanol–water partition coefficient (Wildman–Crippen LogP) is -2.12. The normalized spacial score (nSPS) is 16.4. The van der Waals surface area contributed by atoms with Gasteiger partial charge in [-0.05, 0) is 5.56 Å². The van der Waals surface area contributed by atoms with Gasteiger partial charge in [0.25, 0.3) is 0 Å². The molecule has 0 saturated carbocycles. The van der Waals surface area contributed by atoms with Crippen molar-refractivity contribution in [1.29, 1.82) is 0 Å². The third-order valence-electron chi connectivity index (χ3n) is 1.75. The average Bonchev–Trinajstić information content (AvgIpc) is 2.15. The highest BCUT2D eigenvalue weighted by Crippen LogP contribution is 2.40. The van der Waals surface area contributed by atoms with Gasteiger partial charge in [0, 0.05) is 0 Å². The third-order valence-corrected chi connectivity index (χ3v) is 2.68. The van der Waals surface area contributed by atoms with Crippen LogP contribution in [0.25, 0.3) is 0 Å². The van der Waals surface area contributed by atoms with Gasteiger partial charge in [-0.3, -0.25) is 0 Å². The van der Waals surface area contributed by atoms with E-state index in [1.807, 2.05) is 0 Å². The molecule has 0 fully saturated rings. The van der Waals surface area contributed by atoms with E-state index in [1.165, 1.54) is 12.1 Å². The van der Waals surface area contributed by atoms with Crippen LogP contribution in [0.1, 0.15) is 11.7 Å². The fourth-order valence-corrected chi connectivity index (χ4v) is 1.51. The highest BCUT2D eigenvalue weighted by atomic mass is 31.2. The molecule has 0 aliphatic rings. The van der Waals surface area contributed by atoms with E-state index in [9.17, 15) is 19.8 Å². The molecule has 0 bridgehead atoms. The molecule has 78 valence electrons. The molecule has 2 atom stereocenters. The van der Waals surface area contributed by atoms with Crippen LogP contribution in [0, 0.1) is 0 Å². The first kappa shape index (κ1) is 11.5. The molecule has 1 aromatic rings. The summed E-state index contributed by atoms with van der Waals surface area (Å²) in [6.45, 7) is 0. The Bertz CT molecular complexity index is 284. The van der Waals surface area contributed by atoms with E-state index in [-0.39, 0.29) is 5.56 Å². The molecule has 0 amide bonds. The smallest absolute Gasteiger partial charge is 0.177 e. The van der Waals surface area contributed by atoms with E-state index >= 15 is 0 Å². The average molecular weight is 216 g/mol. The Morgan fingerprint density at radius 1 is 1.00 bits per heavy atom. The molecule has 0 saturated heterocycles. The van der Waals surface area contributed by atoms with Crippen LogP contribution < -0.4 is 14.7 Å². The minimum Gasteiger partial charge on any atom is -0.686 e. The lowest BCUT2D eigenvalue weighted by molar-refractivity contribution is -0.438. The summed E-state index contributed by atoms with van der Waals surface area (Å²) in [5.74, 6) is -2.30. The fourth-order valence-electron chi connectivity index (χ4n) is 0.995. The SMILES string of the molecule is [O-][P+]([O-])([O-])[C@H](O)[C@@H](O)c1ccccc1. The molecular formula is C8H9O5P-2. The Kier molecular flexibility index (Phi) is 3.55. The number of benzene rings is 1. The third kappa shape index (κ3) is 2.72. The van der Waals surface area contributed by atoms with Gasteiger partial charge in [0.1, 0.15) is 6.10 Å². The molecule has 5 nitrogen and oxygen atoms in total. The molecule has 14 heavy (non-hydrogen) atoms. The zero-order valence-corrected chi connectivity index (χ0v) is 8.00. The predicted molar refractivity (Wildman–Crippen MR) is 44.3 cm³/mol. The van der Waals surface area contributed by atoms with Crippen LogP contribution in [0.5, 0.6) is 0 Å². The highest BCUT2D eigenvalue weighted by Gasteiger charge is 2.24. The summed E-state index contributed by atoms with van der Waals surface area (Å²) in [5.41, 5.74) is 0.187. The maximum absolute atomic E-state index is 10.4. The quantitative estimate of drug-likeness (QED) is 0.561. The van der Waals surface area contributed by atoms with Crippen LogP contribution in [0.15, 0.2) is 30.3 Å². The molecule has 1 rings (SSSR count). The molecule has 0 aliphatic carbocycles. The van der Waals surface area contributed by atoms with Gasteiger partial charge in [-0.25, -0.2) is 0 Å². The summed E-state index contributed by atoms with van der Waals surface area (Å²) >= 11 is 0. The van der Waals surface area contributed by atoms with Gasteiger partial charge in [-0.1, -0.05) is 30.3 Å². The van der Waals surface area contributed by atoms with Crippen LogP contribution in [0.3, 0.4) is 0 Å². The van der Waals surface area contributed by atoms with Crippen molar-refractivity contribution >= 4 is 7.94 Å². The number of aliphatic hydroxyl groups is 2. The maximum Gasteiger partial charge on any atom is 0.177 e. The van der Waals surface area contributed by atoms with Crippen molar-refractivity contribution in [2.24, 2.45) is 0 Å². The van der Waals surface area contributed by atoms with E-state index in [4.69, 9.17) is 5.11 Å². The van der Waals surface area contributed by atoms with Crippen molar-refractivity contribution in [2.45, 2.75) is 11.9 Å². The Labute approximate surface area is 81.5 Å². The van der Waals surface area contributed by atoms with Crippen molar-refractivity contribution in [3.05, 3.63) is 35.9 Å². The fraction of sp³-hybridized carbons (Fsp3) is 0.250. The van der Waals surface area contributed by atoms with Crippen LogP contribution in [0.4, 0.5) is 0 Å². The molecule has 2 N–H and O–H groups in total. The number of hydrogen-bond acceptors (Lipinski definition) is 5. The summed E-state index contributed by atoms with van der Waals surface area (Å²) in [5, 5.41) is 18.3. The van der Waals surface area contributed by atoms with Gasteiger partial charge in [-0.15, -0.1) is 7.94 Å². The molecule has 0 radical (unpaired) electrons. The zero-order chi connectivity index (χ0) is 10.8. The molecule has 0 aromatic heterocycles. The maximum atomic E-state index is 10.4. The number of rotatable bonds is 3. The molecule has 0 spiro atoms. The number of hydrogen-bond donors (Lipinski definition) is 2. The molecule has 0 aliphatic heterocycles. The molecule has 6 heteroatoms. The topological polar surface area (TPSA) is 110 Å². The summed E-state index contributed by atoms with van der Waals surface area (Å²) < 4.78 is 0. The van der Waals surface area contributed by atoms with E-state index in [1.54, 1.807) is 18.2 Å². The van der Waals surface area contributed by atoms with E-state index in [2.05, 4.69) is 0 Å². The van der Waals surface area contributed by atoms with Crippen LogP contribution >= 0.6 is 7.94 Å². The van der Waals surface area contributed by atoms with Gasteiger partial charge in [0.2, 0.25) is 0 Å². The monoisotopic (exact) mass is 216 g/mol. The van der Waals surface area contributed by atoms with Gasteiger partial charge in [0.15, 0.2) is 5.85 Å². The van der Waals surface area contributed by atoms with E-state index in [0.717, 1.165) is 0 Å². The molecule has 0 heterocycles. The minimum absolute atomic E-state index is 0.187. The summed E-state index contributed by atoms with van der Waals surface area (Å²) in [6, 6.07) is 7.63. The number of aliphatic hydroxyl groups excluding tert-OH is 2. The van der Waals surface area contributed by atoms with Crippen molar-refractivity contribution in [3.8, 4) is 0 Å². The second-order valence-electron chi connectivity index (χ2n) is 2.81. The van der Waals surface area contributed by atoms with Gasteiger partial charge in [-0.2, -0.15) is 0 Å². The summed E-state index contributed by atoms with van der Waals surface area (Å²) in [7, 11) is -5.17. The van der Waals surface area contributed by atoms with Crippen molar-refractivity contribution in [3.63, 3.8) is 0 Å². The van der Waals surface area contributed by atoms with E-state index < -0.39 is 19.9 Å². The lowest BCUT2D eigenvalue weighted by atomic mass is 10.1. The van der Waals surface area contributed by atoms with Crippen LogP contribution in [0.2, 0.25) is 0 Å². The first-order valence-corrected chi connectivity index (χ1v) is 5.47.